The number of nitrogens with zero attached hydrogens (tertiary/aromatic N) is 3. The van der Waals surface area contributed by atoms with Crippen molar-refractivity contribution in [3.05, 3.63) is 58.1 Å². The third-order valence-corrected chi connectivity index (χ3v) is 3.08. The van der Waals surface area contributed by atoms with E-state index in [1.165, 1.54) is 0 Å². The van der Waals surface area contributed by atoms with Crippen LogP contribution in [0.4, 0.5) is 11.4 Å². The number of rotatable bonds is 4. The van der Waals surface area contributed by atoms with Crippen molar-refractivity contribution in [2.75, 3.05) is 5.32 Å². The van der Waals surface area contributed by atoms with Gasteiger partial charge in [0.25, 0.3) is 0 Å². The average Bonchev–Trinajstić information content (AvgIpc) is 2.89. The Morgan fingerprint density at radius 1 is 1.38 bits per heavy atom. The van der Waals surface area contributed by atoms with Gasteiger partial charge in [0, 0.05) is 12.3 Å². The van der Waals surface area contributed by atoms with Gasteiger partial charge < -0.3 is 9.84 Å². The molecule has 3 aromatic rings. The van der Waals surface area contributed by atoms with Gasteiger partial charge in [0.1, 0.15) is 17.1 Å². The summed E-state index contributed by atoms with van der Waals surface area (Å²) in [6.07, 6.45) is 1.61. The van der Waals surface area contributed by atoms with Crippen LogP contribution in [0.3, 0.4) is 0 Å². The van der Waals surface area contributed by atoms with Gasteiger partial charge in [-0.1, -0.05) is 5.16 Å². The minimum atomic E-state index is -0.402. The fourth-order valence-electron chi connectivity index (χ4n) is 2.16. The highest BCUT2D eigenvalue weighted by molar-refractivity contribution is 5.94. The van der Waals surface area contributed by atoms with Crippen LogP contribution in [0.25, 0.3) is 10.9 Å². The SMILES string of the molecule is Cc1cc(CNc2ccc3ncccc3c2[N+](=O)[O-])no1. The number of aryl methyl sites for hydroxylation is 1. The summed E-state index contributed by atoms with van der Waals surface area (Å²) in [5, 5.41) is 18.7. The Balaban J connectivity index is 1.97. The molecule has 3 rings (SSSR count). The summed E-state index contributed by atoms with van der Waals surface area (Å²) in [4.78, 5) is 15.1. The van der Waals surface area contributed by atoms with E-state index in [0.717, 1.165) is 0 Å². The second kappa shape index (κ2) is 5.20. The van der Waals surface area contributed by atoms with Crippen molar-refractivity contribution in [2.24, 2.45) is 0 Å². The Kier molecular flexibility index (Phi) is 3.23. The van der Waals surface area contributed by atoms with Crippen molar-refractivity contribution in [1.29, 1.82) is 0 Å². The van der Waals surface area contributed by atoms with Crippen LogP contribution in [-0.2, 0) is 6.54 Å². The molecular formula is C14H12N4O3. The summed E-state index contributed by atoms with van der Waals surface area (Å²) < 4.78 is 4.97. The molecule has 0 unspecified atom stereocenters. The molecule has 7 nitrogen and oxygen atoms in total. The molecule has 1 aromatic carbocycles. The quantitative estimate of drug-likeness (QED) is 0.584. The van der Waals surface area contributed by atoms with Crippen molar-refractivity contribution in [3.8, 4) is 0 Å². The van der Waals surface area contributed by atoms with Gasteiger partial charge in [-0.3, -0.25) is 15.1 Å². The maximum absolute atomic E-state index is 11.4. The van der Waals surface area contributed by atoms with Gasteiger partial charge in [-0.2, -0.15) is 0 Å². The van der Waals surface area contributed by atoms with Gasteiger partial charge in [0.05, 0.1) is 22.4 Å². The number of aromatic nitrogens is 2. The van der Waals surface area contributed by atoms with Crippen molar-refractivity contribution < 1.29 is 9.45 Å². The van der Waals surface area contributed by atoms with E-state index >= 15 is 0 Å². The number of benzene rings is 1. The molecule has 1 N–H and O–H groups in total. The monoisotopic (exact) mass is 284 g/mol. The molecule has 2 heterocycles. The van der Waals surface area contributed by atoms with E-state index in [9.17, 15) is 10.1 Å². The van der Waals surface area contributed by atoms with Crippen LogP contribution in [0.15, 0.2) is 41.1 Å². The first-order valence-electron chi connectivity index (χ1n) is 6.33. The van der Waals surface area contributed by atoms with E-state index in [1.807, 2.05) is 0 Å². The lowest BCUT2D eigenvalue weighted by Gasteiger charge is -2.07. The van der Waals surface area contributed by atoms with Gasteiger partial charge in [-0.25, -0.2) is 0 Å². The van der Waals surface area contributed by atoms with Gasteiger partial charge in [-0.15, -0.1) is 0 Å². The third-order valence-electron chi connectivity index (χ3n) is 3.08. The van der Waals surface area contributed by atoms with E-state index in [-0.39, 0.29) is 5.69 Å². The fraction of sp³-hybridized carbons (Fsp3) is 0.143. The molecule has 0 aliphatic heterocycles. The van der Waals surface area contributed by atoms with Crippen LogP contribution >= 0.6 is 0 Å². The normalized spacial score (nSPS) is 10.7. The summed E-state index contributed by atoms with van der Waals surface area (Å²) in [6, 6.07) is 8.55. The predicted molar refractivity (Wildman–Crippen MR) is 77.0 cm³/mol. The zero-order valence-electron chi connectivity index (χ0n) is 11.2. The zero-order chi connectivity index (χ0) is 14.8. The first kappa shape index (κ1) is 13.0. The first-order valence-corrected chi connectivity index (χ1v) is 6.33. The molecule has 0 aliphatic rings. The summed E-state index contributed by atoms with van der Waals surface area (Å²) in [5.41, 5.74) is 1.72. The molecule has 2 aromatic heterocycles. The highest BCUT2D eigenvalue weighted by atomic mass is 16.6. The highest BCUT2D eigenvalue weighted by Gasteiger charge is 2.18. The molecule has 7 heteroatoms. The van der Waals surface area contributed by atoms with Crippen molar-refractivity contribution in [2.45, 2.75) is 13.5 Å². The smallest absolute Gasteiger partial charge is 0.301 e. The highest BCUT2D eigenvalue weighted by Crippen LogP contribution is 2.32. The number of nitrogens with one attached hydrogen (secondary N) is 1. The number of hydrogen-bond donors (Lipinski definition) is 1. The second-order valence-electron chi connectivity index (χ2n) is 4.57. The number of nitro benzene ring substituents is 1. The lowest BCUT2D eigenvalue weighted by molar-refractivity contribution is -0.382. The summed E-state index contributed by atoms with van der Waals surface area (Å²) in [6.45, 7) is 2.14. The average molecular weight is 284 g/mol. The van der Waals surface area contributed by atoms with Gasteiger partial charge in [0.15, 0.2) is 0 Å². The lowest BCUT2D eigenvalue weighted by Crippen LogP contribution is -2.03. The van der Waals surface area contributed by atoms with Crippen molar-refractivity contribution >= 4 is 22.3 Å². The second-order valence-corrected chi connectivity index (χ2v) is 4.57. The molecule has 0 saturated carbocycles. The Labute approximate surface area is 119 Å². The summed E-state index contributed by atoms with van der Waals surface area (Å²) >= 11 is 0. The van der Waals surface area contributed by atoms with Gasteiger partial charge >= 0.3 is 5.69 Å². The number of pyridine rings is 1. The Bertz CT molecular complexity index is 813. The van der Waals surface area contributed by atoms with Gasteiger partial charge in [0.2, 0.25) is 0 Å². The van der Waals surface area contributed by atoms with E-state index in [0.29, 0.717) is 34.6 Å². The molecule has 0 aliphatic carbocycles. The number of nitro groups is 1. The van der Waals surface area contributed by atoms with Gasteiger partial charge in [-0.05, 0) is 31.2 Å². The van der Waals surface area contributed by atoms with Crippen molar-refractivity contribution in [3.63, 3.8) is 0 Å². The molecule has 0 amide bonds. The largest absolute Gasteiger partial charge is 0.374 e. The molecule has 0 saturated heterocycles. The van der Waals surface area contributed by atoms with E-state index < -0.39 is 4.92 Å². The van der Waals surface area contributed by atoms with E-state index in [4.69, 9.17) is 4.52 Å². The van der Waals surface area contributed by atoms with Crippen LogP contribution in [0.5, 0.6) is 0 Å². The lowest BCUT2D eigenvalue weighted by atomic mass is 10.1. The Hall–Kier alpha value is -2.96. The van der Waals surface area contributed by atoms with Crippen LogP contribution in [0, 0.1) is 17.0 Å². The summed E-state index contributed by atoms with van der Waals surface area (Å²) in [5.74, 6) is 0.698. The standard InChI is InChI=1S/C14H12N4O3/c1-9-7-10(17-21-9)8-16-13-5-4-12-11(3-2-6-15-12)14(13)18(19)20/h2-7,16H,8H2,1H3. The molecule has 106 valence electrons. The zero-order valence-corrected chi connectivity index (χ0v) is 11.2. The topological polar surface area (TPSA) is 94.1 Å². The molecule has 0 fully saturated rings. The number of hydrogen-bond acceptors (Lipinski definition) is 6. The molecule has 0 radical (unpaired) electrons. The molecule has 0 atom stereocenters. The Morgan fingerprint density at radius 2 is 2.24 bits per heavy atom. The molecule has 0 bridgehead atoms. The van der Waals surface area contributed by atoms with Crippen LogP contribution in [0.2, 0.25) is 0 Å². The van der Waals surface area contributed by atoms with Crippen molar-refractivity contribution in [1.82, 2.24) is 10.1 Å². The van der Waals surface area contributed by atoms with E-state index in [2.05, 4.69) is 15.5 Å². The minimum Gasteiger partial charge on any atom is -0.374 e. The van der Waals surface area contributed by atoms with Crippen LogP contribution < -0.4 is 5.32 Å². The Morgan fingerprint density at radius 3 is 2.95 bits per heavy atom. The minimum absolute atomic E-state index is 0.0146. The molecular weight excluding hydrogens is 272 g/mol. The molecule has 0 spiro atoms. The maximum atomic E-state index is 11.4. The number of fused-ring (bicyclic) bond motifs is 1. The van der Waals surface area contributed by atoms with Crippen LogP contribution in [0.1, 0.15) is 11.5 Å². The predicted octanol–water partition coefficient (Wildman–Crippen LogP) is 3.05. The maximum Gasteiger partial charge on any atom is 0.301 e. The van der Waals surface area contributed by atoms with Crippen LogP contribution in [-0.4, -0.2) is 15.1 Å². The number of anilines is 1. The first-order chi connectivity index (χ1) is 10.1. The molecule has 21 heavy (non-hydrogen) atoms. The van der Waals surface area contributed by atoms with E-state index in [1.54, 1.807) is 43.5 Å². The summed E-state index contributed by atoms with van der Waals surface area (Å²) in [7, 11) is 0. The third kappa shape index (κ3) is 2.53. The fourth-order valence-corrected chi connectivity index (χ4v) is 2.16.